The molecule has 1 N–H and O–H groups in total. The van der Waals surface area contributed by atoms with Crippen LogP contribution in [-0.4, -0.2) is 43.9 Å². The minimum absolute atomic E-state index is 0.0275. The van der Waals surface area contributed by atoms with E-state index < -0.39 is 11.6 Å². The molecule has 31 heavy (non-hydrogen) atoms. The van der Waals surface area contributed by atoms with Crippen LogP contribution in [0.2, 0.25) is 10.0 Å². The number of benzene rings is 2. The summed E-state index contributed by atoms with van der Waals surface area (Å²) in [6.45, 7) is 0.397. The molecule has 3 rings (SSSR count). The van der Waals surface area contributed by atoms with Crippen LogP contribution in [-0.2, 0) is 16.0 Å². The number of carbonyl (C=O) groups excluding carboxylic acids is 2. The van der Waals surface area contributed by atoms with E-state index in [0.717, 1.165) is 6.07 Å². The fourth-order valence-corrected chi connectivity index (χ4v) is 4.25. The van der Waals surface area contributed by atoms with Gasteiger partial charge in [-0.2, -0.15) is 0 Å². The van der Waals surface area contributed by atoms with Gasteiger partial charge in [-0.15, -0.1) is 0 Å². The third-order valence-corrected chi connectivity index (χ3v) is 5.84. The summed E-state index contributed by atoms with van der Waals surface area (Å²) in [7, 11) is 3.31. The van der Waals surface area contributed by atoms with E-state index in [-0.39, 0.29) is 40.7 Å². The minimum atomic E-state index is -0.624. The van der Waals surface area contributed by atoms with E-state index in [2.05, 4.69) is 5.32 Å². The molecule has 2 amide bonds. The Labute approximate surface area is 189 Å². The molecule has 1 heterocycles. The molecule has 5 nitrogen and oxygen atoms in total. The Morgan fingerprint density at radius 3 is 2.48 bits per heavy atom. The van der Waals surface area contributed by atoms with Crippen molar-refractivity contribution in [3.8, 4) is 0 Å². The molecule has 1 fully saturated rings. The highest BCUT2D eigenvalue weighted by molar-refractivity contribution is 6.40. The molecule has 2 aromatic carbocycles. The maximum atomic E-state index is 14.1. The Morgan fingerprint density at radius 2 is 1.87 bits per heavy atom. The molecule has 1 saturated heterocycles. The van der Waals surface area contributed by atoms with Gasteiger partial charge in [-0.05, 0) is 42.5 Å². The maximum Gasteiger partial charge on any atom is 0.241 e. The molecule has 9 heteroatoms. The van der Waals surface area contributed by atoms with Gasteiger partial charge in [0.2, 0.25) is 11.8 Å². The molecule has 0 spiro atoms. The average Bonchev–Trinajstić information content (AvgIpc) is 2.69. The Hall–Kier alpha value is -2.38. The number of nitrogens with zero attached hydrogens (tertiary/aromatic N) is 2. The van der Waals surface area contributed by atoms with Gasteiger partial charge in [-0.3, -0.25) is 9.59 Å². The Morgan fingerprint density at radius 1 is 1.19 bits per heavy atom. The van der Waals surface area contributed by atoms with Crippen molar-refractivity contribution in [1.82, 2.24) is 4.90 Å². The summed E-state index contributed by atoms with van der Waals surface area (Å²) in [6, 6.07) is 6.75. The first-order valence-electron chi connectivity index (χ1n) is 9.83. The summed E-state index contributed by atoms with van der Waals surface area (Å²) in [4.78, 5) is 27.4. The summed E-state index contributed by atoms with van der Waals surface area (Å²) in [5.41, 5.74) is 1.36. The topological polar surface area (TPSA) is 52.7 Å². The number of likely N-dealkylation sites (N-methyl/N-ethyl adjacent to an activating group) is 1. The van der Waals surface area contributed by atoms with Crippen molar-refractivity contribution < 1.29 is 18.4 Å². The third kappa shape index (κ3) is 5.66. The van der Waals surface area contributed by atoms with E-state index in [1.54, 1.807) is 26.2 Å². The molecular weight excluding hydrogens is 447 g/mol. The fraction of sp³-hybridized carbons (Fsp3) is 0.364. The number of piperidine rings is 1. The van der Waals surface area contributed by atoms with Crippen molar-refractivity contribution in [2.45, 2.75) is 19.3 Å². The minimum Gasteiger partial charge on any atom is -0.376 e. The van der Waals surface area contributed by atoms with Gasteiger partial charge in [-0.1, -0.05) is 29.3 Å². The van der Waals surface area contributed by atoms with Gasteiger partial charge in [-0.25, -0.2) is 8.78 Å². The summed E-state index contributed by atoms with van der Waals surface area (Å²) >= 11 is 12.9. The zero-order valence-corrected chi connectivity index (χ0v) is 18.7. The molecule has 166 valence electrons. The van der Waals surface area contributed by atoms with Crippen LogP contribution in [0.5, 0.6) is 0 Å². The van der Waals surface area contributed by atoms with Crippen molar-refractivity contribution in [2.75, 3.05) is 37.4 Å². The lowest BCUT2D eigenvalue weighted by Crippen LogP contribution is -2.41. The van der Waals surface area contributed by atoms with Crippen LogP contribution in [0.4, 0.5) is 20.2 Å². The van der Waals surface area contributed by atoms with Crippen molar-refractivity contribution in [3.63, 3.8) is 0 Å². The Bertz CT molecular complexity index is 978. The first-order valence-corrected chi connectivity index (χ1v) is 10.6. The SMILES string of the molecule is CN(C)C(=O)CNc1cc(Cl)c(N2CC(Cc3ccc(F)cc3F)CCC2=O)c(Cl)c1. The number of hydrogen-bond donors (Lipinski definition) is 1. The van der Waals surface area contributed by atoms with Crippen molar-refractivity contribution in [3.05, 3.63) is 57.6 Å². The molecule has 1 aliphatic heterocycles. The molecule has 1 atom stereocenters. The van der Waals surface area contributed by atoms with Gasteiger partial charge in [0.25, 0.3) is 0 Å². The van der Waals surface area contributed by atoms with E-state index in [4.69, 9.17) is 23.2 Å². The molecule has 0 aliphatic carbocycles. The zero-order chi connectivity index (χ0) is 22.7. The van der Waals surface area contributed by atoms with Crippen LogP contribution in [0.15, 0.2) is 30.3 Å². The van der Waals surface area contributed by atoms with Gasteiger partial charge in [0, 0.05) is 38.8 Å². The van der Waals surface area contributed by atoms with Crippen LogP contribution in [0.25, 0.3) is 0 Å². The van der Waals surface area contributed by atoms with Gasteiger partial charge < -0.3 is 15.1 Å². The second kappa shape index (κ2) is 9.83. The molecule has 0 bridgehead atoms. The van der Waals surface area contributed by atoms with E-state index in [9.17, 15) is 18.4 Å². The predicted octanol–water partition coefficient (Wildman–Crippen LogP) is 4.76. The van der Waals surface area contributed by atoms with Crippen LogP contribution in [0.1, 0.15) is 18.4 Å². The average molecular weight is 470 g/mol. The molecule has 2 aromatic rings. The van der Waals surface area contributed by atoms with Crippen molar-refractivity contribution in [1.29, 1.82) is 0 Å². The van der Waals surface area contributed by atoms with Crippen molar-refractivity contribution >= 4 is 46.4 Å². The summed E-state index contributed by atoms with van der Waals surface area (Å²) < 4.78 is 27.2. The second-order valence-corrected chi connectivity index (χ2v) is 8.59. The number of anilines is 2. The highest BCUT2D eigenvalue weighted by Crippen LogP contribution is 2.39. The standard InChI is InChI=1S/C22H23Cl2F2N3O2/c1-28(2)21(31)11-27-16-9-17(23)22(18(24)10-16)29-12-13(3-6-20(29)30)7-14-4-5-15(25)8-19(14)26/h4-5,8-10,13,27H,3,6-7,11-12H2,1-2H3. The summed E-state index contributed by atoms with van der Waals surface area (Å²) in [6.07, 6.45) is 1.24. The quantitative estimate of drug-likeness (QED) is 0.663. The van der Waals surface area contributed by atoms with Gasteiger partial charge in [0.05, 0.1) is 22.3 Å². The summed E-state index contributed by atoms with van der Waals surface area (Å²) in [5.74, 6) is -1.48. The van der Waals surface area contributed by atoms with Crippen LogP contribution >= 0.6 is 23.2 Å². The molecule has 0 saturated carbocycles. The van der Waals surface area contributed by atoms with Gasteiger partial charge in [0.1, 0.15) is 11.6 Å². The lowest BCUT2D eigenvalue weighted by molar-refractivity contribution is -0.126. The Kier molecular flexibility index (Phi) is 7.38. The molecule has 0 radical (unpaired) electrons. The monoisotopic (exact) mass is 469 g/mol. The number of amides is 2. The number of carbonyl (C=O) groups is 2. The highest BCUT2D eigenvalue weighted by atomic mass is 35.5. The first kappa shape index (κ1) is 23.3. The van der Waals surface area contributed by atoms with E-state index >= 15 is 0 Å². The number of hydrogen-bond acceptors (Lipinski definition) is 3. The van der Waals surface area contributed by atoms with E-state index in [1.807, 2.05) is 0 Å². The van der Waals surface area contributed by atoms with Crippen LogP contribution in [0, 0.1) is 17.6 Å². The fourth-order valence-electron chi connectivity index (χ4n) is 3.56. The number of nitrogens with one attached hydrogen (secondary N) is 1. The third-order valence-electron chi connectivity index (χ3n) is 5.26. The van der Waals surface area contributed by atoms with Crippen LogP contribution < -0.4 is 10.2 Å². The lowest BCUT2D eigenvalue weighted by atomic mass is 9.90. The normalized spacial score (nSPS) is 16.4. The predicted molar refractivity (Wildman–Crippen MR) is 119 cm³/mol. The van der Waals surface area contributed by atoms with E-state index in [0.29, 0.717) is 36.3 Å². The van der Waals surface area contributed by atoms with E-state index in [1.165, 1.54) is 21.9 Å². The smallest absolute Gasteiger partial charge is 0.241 e. The van der Waals surface area contributed by atoms with Gasteiger partial charge in [0.15, 0.2) is 0 Å². The van der Waals surface area contributed by atoms with Crippen LogP contribution in [0.3, 0.4) is 0 Å². The lowest BCUT2D eigenvalue weighted by Gasteiger charge is -2.34. The summed E-state index contributed by atoms with van der Waals surface area (Å²) in [5, 5.41) is 3.51. The number of halogens is 4. The molecule has 0 aromatic heterocycles. The maximum absolute atomic E-state index is 14.1. The van der Waals surface area contributed by atoms with Crippen molar-refractivity contribution in [2.24, 2.45) is 5.92 Å². The highest BCUT2D eigenvalue weighted by Gasteiger charge is 2.30. The Balaban J connectivity index is 1.77. The molecule has 1 aliphatic rings. The largest absolute Gasteiger partial charge is 0.376 e. The first-order chi connectivity index (χ1) is 14.7. The number of rotatable bonds is 6. The van der Waals surface area contributed by atoms with Gasteiger partial charge >= 0.3 is 0 Å². The molecule has 1 unspecified atom stereocenters. The second-order valence-electron chi connectivity index (χ2n) is 7.78. The molecular formula is C22H23Cl2F2N3O2. The zero-order valence-electron chi connectivity index (χ0n) is 17.2.